The lowest BCUT2D eigenvalue weighted by molar-refractivity contribution is -0.141. The number of benzene rings is 1. The molecule has 1 aromatic carbocycles. The van der Waals surface area contributed by atoms with E-state index < -0.39 is 11.9 Å². The summed E-state index contributed by atoms with van der Waals surface area (Å²) in [6.07, 6.45) is 0. The Morgan fingerprint density at radius 3 is 2.53 bits per heavy atom. The molecule has 0 bridgehead atoms. The van der Waals surface area contributed by atoms with Crippen LogP contribution in [0.2, 0.25) is 0 Å². The fourth-order valence-electron chi connectivity index (χ4n) is 2.08. The lowest BCUT2D eigenvalue weighted by Gasteiger charge is -2.26. The summed E-state index contributed by atoms with van der Waals surface area (Å²) in [6, 6.07) is 6.45. The van der Waals surface area contributed by atoms with Crippen molar-refractivity contribution in [1.29, 1.82) is 0 Å². The van der Waals surface area contributed by atoms with E-state index in [9.17, 15) is 9.18 Å². The molecule has 1 N–H and O–H groups in total. The first-order valence-electron chi connectivity index (χ1n) is 6.58. The number of carboxylic acid groups (broad SMARTS) is 1. The van der Waals surface area contributed by atoms with Crippen molar-refractivity contribution in [3.8, 4) is 0 Å². The zero-order chi connectivity index (χ0) is 14.4. The minimum atomic E-state index is -0.798. The molecule has 19 heavy (non-hydrogen) atoms. The van der Waals surface area contributed by atoms with Crippen molar-refractivity contribution in [2.75, 3.05) is 13.1 Å². The highest BCUT2D eigenvalue weighted by Gasteiger charge is 2.17. The van der Waals surface area contributed by atoms with E-state index in [-0.39, 0.29) is 5.82 Å². The van der Waals surface area contributed by atoms with Gasteiger partial charge in [-0.1, -0.05) is 32.9 Å². The Kier molecular flexibility index (Phi) is 5.96. The average molecular weight is 267 g/mol. The fraction of sp³-hybridized carbons (Fsp3) is 0.533. The molecule has 0 aliphatic heterocycles. The van der Waals surface area contributed by atoms with Crippen LogP contribution in [0.15, 0.2) is 24.3 Å². The molecule has 1 rings (SSSR count). The number of rotatable bonds is 7. The topological polar surface area (TPSA) is 40.5 Å². The average Bonchev–Trinajstić information content (AvgIpc) is 2.27. The van der Waals surface area contributed by atoms with E-state index in [0.29, 0.717) is 19.0 Å². The van der Waals surface area contributed by atoms with Crippen molar-refractivity contribution in [3.63, 3.8) is 0 Å². The first-order chi connectivity index (χ1) is 8.88. The summed E-state index contributed by atoms with van der Waals surface area (Å²) in [6.45, 7) is 7.72. The molecule has 1 atom stereocenters. The van der Waals surface area contributed by atoms with Gasteiger partial charge >= 0.3 is 5.97 Å². The lowest BCUT2D eigenvalue weighted by Crippen LogP contribution is -2.34. The Bertz CT molecular complexity index is 420. The van der Waals surface area contributed by atoms with Crippen LogP contribution >= 0.6 is 0 Å². The molecule has 3 nitrogen and oxygen atoms in total. The van der Waals surface area contributed by atoms with Gasteiger partial charge in [0.1, 0.15) is 5.82 Å². The zero-order valence-electron chi connectivity index (χ0n) is 11.8. The molecule has 0 aliphatic rings. The van der Waals surface area contributed by atoms with Gasteiger partial charge in [-0.2, -0.15) is 0 Å². The Morgan fingerprint density at radius 1 is 1.32 bits per heavy atom. The van der Waals surface area contributed by atoms with E-state index in [2.05, 4.69) is 18.7 Å². The first-order valence-corrected chi connectivity index (χ1v) is 6.58. The molecule has 0 aliphatic carbocycles. The van der Waals surface area contributed by atoms with Gasteiger partial charge in [-0.05, 0) is 23.6 Å². The summed E-state index contributed by atoms with van der Waals surface area (Å²) >= 11 is 0. The van der Waals surface area contributed by atoms with Crippen molar-refractivity contribution in [3.05, 3.63) is 35.6 Å². The molecule has 4 heteroatoms. The van der Waals surface area contributed by atoms with E-state index >= 15 is 0 Å². The molecule has 0 fully saturated rings. The predicted molar refractivity (Wildman–Crippen MR) is 73.3 cm³/mol. The second-order valence-electron chi connectivity index (χ2n) is 5.46. The Hall–Kier alpha value is -1.42. The largest absolute Gasteiger partial charge is 0.481 e. The Balaban J connectivity index is 2.71. The summed E-state index contributed by atoms with van der Waals surface area (Å²) in [5.74, 6) is -1.04. The summed E-state index contributed by atoms with van der Waals surface area (Å²) in [4.78, 5) is 13.0. The van der Waals surface area contributed by atoms with Gasteiger partial charge < -0.3 is 5.11 Å². The van der Waals surface area contributed by atoms with Crippen LogP contribution in [0.4, 0.5) is 4.39 Å². The second-order valence-corrected chi connectivity index (χ2v) is 5.46. The van der Waals surface area contributed by atoms with E-state index in [1.54, 1.807) is 13.0 Å². The highest BCUT2D eigenvalue weighted by atomic mass is 19.1. The van der Waals surface area contributed by atoms with Crippen LogP contribution in [0.25, 0.3) is 0 Å². The minimum Gasteiger partial charge on any atom is -0.481 e. The van der Waals surface area contributed by atoms with Crippen LogP contribution in [0.5, 0.6) is 0 Å². The molecular formula is C15H22FNO2. The monoisotopic (exact) mass is 267 g/mol. The van der Waals surface area contributed by atoms with Crippen LogP contribution in [0.1, 0.15) is 26.3 Å². The molecule has 1 aromatic rings. The van der Waals surface area contributed by atoms with E-state index in [1.807, 2.05) is 6.07 Å². The Labute approximate surface area is 114 Å². The zero-order valence-corrected chi connectivity index (χ0v) is 11.8. The first kappa shape index (κ1) is 15.6. The summed E-state index contributed by atoms with van der Waals surface area (Å²) in [5.41, 5.74) is 0.873. The Morgan fingerprint density at radius 2 is 2.00 bits per heavy atom. The van der Waals surface area contributed by atoms with E-state index in [1.165, 1.54) is 12.1 Å². The van der Waals surface area contributed by atoms with Crippen molar-refractivity contribution < 1.29 is 14.3 Å². The number of aliphatic carboxylic acids is 1. The quantitative estimate of drug-likeness (QED) is 0.825. The van der Waals surface area contributed by atoms with Crippen molar-refractivity contribution >= 4 is 5.97 Å². The van der Waals surface area contributed by atoms with Crippen LogP contribution < -0.4 is 0 Å². The standard InChI is InChI=1S/C15H22FNO2/c1-11(2)8-17(9-12(3)15(18)19)10-13-5-4-6-14(16)7-13/h4-7,11-12H,8-10H2,1-3H3,(H,18,19). The van der Waals surface area contributed by atoms with E-state index in [4.69, 9.17) is 5.11 Å². The number of hydrogen-bond donors (Lipinski definition) is 1. The molecule has 0 aromatic heterocycles. The summed E-state index contributed by atoms with van der Waals surface area (Å²) in [7, 11) is 0. The molecular weight excluding hydrogens is 245 g/mol. The molecule has 0 saturated heterocycles. The van der Waals surface area contributed by atoms with Crippen LogP contribution in [-0.2, 0) is 11.3 Å². The van der Waals surface area contributed by atoms with Crippen molar-refractivity contribution in [2.24, 2.45) is 11.8 Å². The number of hydrogen-bond acceptors (Lipinski definition) is 2. The van der Waals surface area contributed by atoms with Crippen molar-refractivity contribution in [2.45, 2.75) is 27.3 Å². The third kappa shape index (κ3) is 5.83. The molecule has 0 radical (unpaired) electrons. The molecule has 0 saturated carbocycles. The SMILES string of the molecule is CC(C)CN(Cc1cccc(F)c1)CC(C)C(=O)O. The number of carboxylic acids is 1. The molecule has 0 spiro atoms. The van der Waals surface area contributed by atoms with Gasteiger partial charge in [0.05, 0.1) is 5.92 Å². The third-order valence-electron chi connectivity index (χ3n) is 2.87. The van der Waals surface area contributed by atoms with Gasteiger partial charge in [-0.3, -0.25) is 9.69 Å². The van der Waals surface area contributed by atoms with Crippen LogP contribution in [-0.4, -0.2) is 29.1 Å². The summed E-state index contributed by atoms with van der Waals surface area (Å²) < 4.78 is 13.2. The minimum absolute atomic E-state index is 0.256. The number of halogens is 1. The second kappa shape index (κ2) is 7.24. The van der Waals surface area contributed by atoms with Crippen LogP contribution in [0.3, 0.4) is 0 Å². The number of nitrogens with zero attached hydrogens (tertiary/aromatic N) is 1. The molecule has 0 heterocycles. The van der Waals surface area contributed by atoms with Gasteiger partial charge in [0, 0.05) is 19.6 Å². The van der Waals surface area contributed by atoms with E-state index in [0.717, 1.165) is 12.1 Å². The van der Waals surface area contributed by atoms with Gasteiger partial charge in [0.2, 0.25) is 0 Å². The van der Waals surface area contributed by atoms with Crippen molar-refractivity contribution in [1.82, 2.24) is 4.90 Å². The smallest absolute Gasteiger partial charge is 0.307 e. The van der Waals surface area contributed by atoms with Gasteiger partial charge in [0.15, 0.2) is 0 Å². The maximum atomic E-state index is 13.2. The maximum Gasteiger partial charge on any atom is 0.307 e. The number of carbonyl (C=O) groups is 1. The fourth-order valence-corrected chi connectivity index (χ4v) is 2.08. The van der Waals surface area contributed by atoms with Gasteiger partial charge in [-0.15, -0.1) is 0 Å². The highest BCUT2D eigenvalue weighted by molar-refractivity contribution is 5.69. The van der Waals surface area contributed by atoms with Gasteiger partial charge in [-0.25, -0.2) is 4.39 Å². The predicted octanol–water partition coefficient (Wildman–Crippen LogP) is 3.00. The summed E-state index contributed by atoms with van der Waals surface area (Å²) in [5, 5.41) is 8.99. The molecule has 1 unspecified atom stereocenters. The normalized spacial score (nSPS) is 12.9. The molecule has 0 amide bonds. The maximum absolute atomic E-state index is 13.2. The highest BCUT2D eigenvalue weighted by Crippen LogP contribution is 2.11. The van der Waals surface area contributed by atoms with Crippen LogP contribution in [0, 0.1) is 17.7 Å². The third-order valence-corrected chi connectivity index (χ3v) is 2.87. The molecule has 106 valence electrons. The van der Waals surface area contributed by atoms with Gasteiger partial charge in [0.25, 0.3) is 0 Å². The lowest BCUT2D eigenvalue weighted by atomic mass is 10.1.